The Hall–Kier alpha value is -0.300. The Morgan fingerprint density at radius 1 is 1.45 bits per heavy atom. The van der Waals surface area contributed by atoms with Crippen molar-refractivity contribution >= 4 is 29.9 Å². The molecule has 3 N–H and O–H groups in total. The molecule has 0 aromatic heterocycles. The summed E-state index contributed by atoms with van der Waals surface area (Å²) in [6.07, 6.45) is 6.85. The second-order valence-corrected chi connectivity index (χ2v) is 6.46. The molecule has 3 unspecified atom stereocenters. The van der Waals surface area contributed by atoms with Crippen molar-refractivity contribution < 1.29 is 4.74 Å². The minimum Gasteiger partial charge on any atom is -0.377 e. The molecule has 3 fully saturated rings. The summed E-state index contributed by atoms with van der Waals surface area (Å²) in [5.41, 5.74) is 7.40. The molecule has 3 aliphatic rings. The predicted molar refractivity (Wildman–Crippen MR) is 92.4 cm³/mol. The highest BCUT2D eigenvalue weighted by Crippen LogP contribution is 2.60. The highest BCUT2D eigenvalue weighted by Gasteiger charge is 2.64. The van der Waals surface area contributed by atoms with Crippen LogP contribution in [-0.4, -0.2) is 31.3 Å². The maximum absolute atomic E-state index is 6.02. The summed E-state index contributed by atoms with van der Waals surface area (Å²) in [4.78, 5) is 4.36. The van der Waals surface area contributed by atoms with Crippen molar-refractivity contribution in [2.45, 2.75) is 51.2 Å². The van der Waals surface area contributed by atoms with Crippen LogP contribution in [0.1, 0.15) is 39.0 Å². The largest absolute Gasteiger partial charge is 0.377 e. The van der Waals surface area contributed by atoms with Gasteiger partial charge in [-0.3, -0.25) is 0 Å². The monoisotopic (exact) mass is 391 g/mol. The highest BCUT2D eigenvalue weighted by molar-refractivity contribution is 14.0. The topological polar surface area (TPSA) is 59.6 Å². The number of fused-ring (bicyclic) bond motifs is 2. The molecule has 0 bridgehead atoms. The lowest BCUT2D eigenvalue weighted by Crippen LogP contribution is -2.69. The van der Waals surface area contributed by atoms with Crippen LogP contribution in [0.3, 0.4) is 0 Å². The van der Waals surface area contributed by atoms with Crippen LogP contribution in [-0.2, 0) is 4.74 Å². The lowest BCUT2D eigenvalue weighted by atomic mass is 9.54. The average molecular weight is 391 g/mol. The Morgan fingerprint density at radius 3 is 2.80 bits per heavy atom. The van der Waals surface area contributed by atoms with Crippen molar-refractivity contribution in [2.75, 3.05) is 13.2 Å². The van der Waals surface area contributed by atoms with Crippen LogP contribution in [0.15, 0.2) is 17.1 Å². The van der Waals surface area contributed by atoms with Crippen molar-refractivity contribution in [1.82, 2.24) is 5.32 Å². The minimum atomic E-state index is 0. The zero-order chi connectivity index (χ0) is 13.5. The van der Waals surface area contributed by atoms with E-state index in [9.17, 15) is 0 Å². The molecule has 2 saturated carbocycles. The molecule has 1 aliphatic heterocycles. The van der Waals surface area contributed by atoms with Crippen molar-refractivity contribution in [3.8, 4) is 0 Å². The van der Waals surface area contributed by atoms with Gasteiger partial charge in [0.25, 0.3) is 0 Å². The van der Waals surface area contributed by atoms with Crippen LogP contribution < -0.4 is 11.1 Å². The normalized spacial score (nSPS) is 34.2. The summed E-state index contributed by atoms with van der Waals surface area (Å²) in [6, 6.07) is 0.469. The lowest BCUT2D eigenvalue weighted by molar-refractivity contribution is -0.124. The number of ether oxygens (including phenoxy) is 1. The van der Waals surface area contributed by atoms with Gasteiger partial charge in [0.2, 0.25) is 0 Å². The van der Waals surface area contributed by atoms with Gasteiger partial charge in [-0.15, -0.1) is 24.0 Å². The highest BCUT2D eigenvalue weighted by atomic mass is 127. The van der Waals surface area contributed by atoms with E-state index >= 15 is 0 Å². The van der Waals surface area contributed by atoms with E-state index in [1.165, 1.54) is 25.7 Å². The molecular weight excluding hydrogens is 365 g/mol. The van der Waals surface area contributed by atoms with Crippen molar-refractivity contribution in [3.63, 3.8) is 0 Å². The smallest absolute Gasteiger partial charge is 0.189 e. The molecule has 5 heteroatoms. The number of nitrogens with two attached hydrogens (primary N) is 1. The molecule has 0 radical (unpaired) electrons. The van der Waals surface area contributed by atoms with Crippen LogP contribution in [0.25, 0.3) is 0 Å². The van der Waals surface area contributed by atoms with E-state index in [4.69, 9.17) is 10.5 Å². The summed E-state index contributed by atoms with van der Waals surface area (Å²) in [7, 11) is 0. The van der Waals surface area contributed by atoms with Gasteiger partial charge < -0.3 is 15.8 Å². The molecule has 1 heterocycles. The molecule has 3 rings (SSSR count). The number of aliphatic imine (C=N–C) groups is 1. The van der Waals surface area contributed by atoms with Crippen LogP contribution in [0, 0.1) is 11.3 Å². The maximum atomic E-state index is 6.02. The van der Waals surface area contributed by atoms with Crippen LogP contribution in [0.5, 0.6) is 0 Å². The first kappa shape index (κ1) is 16.1. The van der Waals surface area contributed by atoms with E-state index in [0.29, 0.717) is 36.0 Å². The van der Waals surface area contributed by atoms with Gasteiger partial charge >= 0.3 is 0 Å². The Labute approximate surface area is 138 Å². The molecule has 2 aliphatic carbocycles. The van der Waals surface area contributed by atoms with Crippen molar-refractivity contribution in [1.29, 1.82) is 0 Å². The fourth-order valence-electron chi connectivity index (χ4n) is 4.33. The Bertz CT molecular complexity index is 404. The summed E-state index contributed by atoms with van der Waals surface area (Å²) >= 11 is 0. The number of hydrogen-bond acceptors (Lipinski definition) is 2. The van der Waals surface area contributed by atoms with Gasteiger partial charge in [-0.2, -0.15) is 0 Å². The summed E-state index contributed by atoms with van der Waals surface area (Å²) in [5.74, 6) is 1.21. The van der Waals surface area contributed by atoms with Crippen LogP contribution >= 0.6 is 24.0 Å². The van der Waals surface area contributed by atoms with Crippen LogP contribution in [0.2, 0.25) is 0 Å². The molecule has 0 aromatic rings. The molecule has 3 atom stereocenters. The first-order valence-corrected chi connectivity index (χ1v) is 7.46. The molecule has 0 aromatic carbocycles. The van der Waals surface area contributed by atoms with Gasteiger partial charge in [0.15, 0.2) is 5.96 Å². The number of guanidine groups is 1. The first-order chi connectivity index (χ1) is 9.13. The minimum absolute atomic E-state index is 0. The van der Waals surface area contributed by atoms with Gasteiger partial charge in [-0.25, -0.2) is 4.99 Å². The third-order valence-corrected chi connectivity index (χ3v) is 5.11. The number of nitrogens with one attached hydrogen (secondary N) is 1. The van der Waals surface area contributed by atoms with E-state index in [2.05, 4.69) is 16.9 Å². The fourth-order valence-corrected chi connectivity index (χ4v) is 4.33. The predicted octanol–water partition coefficient (Wildman–Crippen LogP) is 2.43. The Kier molecular flexibility index (Phi) is 5.00. The molecular formula is C15H26IN3O. The van der Waals surface area contributed by atoms with Gasteiger partial charge in [-0.05, 0) is 26.2 Å². The van der Waals surface area contributed by atoms with Gasteiger partial charge in [0, 0.05) is 24.0 Å². The van der Waals surface area contributed by atoms with Crippen molar-refractivity contribution in [2.24, 2.45) is 22.1 Å². The number of nitrogens with zero attached hydrogens (tertiary/aromatic N) is 1. The van der Waals surface area contributed by atoms with Crippen LogP contribution in [0.4, 0.5) is 0 Å². The van der Waals surface area contributed by atoms with E-state index in [0.717, 1.165) is 18.6 Å². The van der Waals surface area contributed by atoms with E-state index in [-0.39, 0.29) is 24.0 Å². The fraction of sp³-hybridized carbons (Fsp3) is 0.800. The maximum Gasteiger partial charge on any atom is 0.189 e. The second-order valence-electron chi connectivity index (χ2n) is 6.46. The lowest BCUT2D eigenvalue weighted by Gasteiger charge is -2.57. The van der Waals surface area contributed by atoms with E-state index < -0.39 is 0 Å². The third kappa shape index (κ3) is 2.58. The number of rotatable bonds is 3. The third-order valence-electron chi connectivity index (χ3n) is 5.11. The Morgan fingerprint density at radius 2 is 2.15 bits per heavy atom. The first-order valence-electron chi connectivity index (χ1n) is 7.46. The quantitative estimate of drug-likeness (QED) is 0.336. The van der Waals surface area contributed by atoms with Gasteiger partial charge in [0.05, 0.1) is 12.6 Å². The molecule has 1 saturated heterocycles. The zero-order valence-corrected chi connectivity index (χ0v) is 14.6. The summed E-state index contributed by atoms with van der Waals surface area (Å²) in [6.45, 7) is 7.35. The Balaban J connectivity index is 0.00000147. The van der Waals surface area contributed by atoms with E-state index in [1.54, 1.807) is 0 Å². The van der Waals surface area contributed by atoms with Crippen molar-refractivity contribution in [3.05, 3.63) is 12.2 Å². The molecule has 114 valence electrons. The van der Waals surface area contributed by atoms with E-state index in [1.807, 2.05) is 6.92 Å². The summed E-state index contributed by atoms with van der Waals surface area (Å²) < 4.78 is 5.96. The molecule has 4 nitrogen and oxygen atoms in total. The summed E-state index contributed by atoms with van der Waals surface area (Å²) in [5, 5.41) is 3.48. The zero-order valence-electron chi connectivity index (χ0n) is 12.2. The standard InChI is InChI=1S/C15H25N3O.HI/c1-10(2)9-17-14(16)18-12-11-5-8-19-13(11)15(12)6-3-4-7-15;/h11-13H,1,3-9H2,2H3,(H3,16,17,18);1H. The second kappa shape index (κ2) is 6.22. The SMILES string of the molecule is C=C(C)CN=C(N)NC1C2CCOC2C12CCCC2.I. The molecule has 0 amide bonds. The number of hydrogen-bond donors (Lipinski definition) is 2. The molecule has 20 heavy (non-hydrogen) atoms. The van der Waals surface area contributed by atoms with Gasteiger partial charge in [-0.1, -0.05) is 25.0 Å². The van der Waals surface area contributed by atoms with Gasteiger partial charge in [0.1, 0.15) is 0 Å². The molecule has 1 spiro atoms. The number of halogens is 1. The average Bonchev–Trinajstić information content (AvgIpc) is 3.01.